The van der Waals surface area contributed by atoms with Crippen LogP contribution in [0.2, 0.25) is 0 Å². The van der Waals surface area contributed by atoms with Crippen molar-refractivity contribution in [3.05, 3.63) is 35.4 Å². The molecule has 0 saturated carbocycles. The van der Waals surface area contributed by atoms with E-state index < -0.39 is 17.9 Å². The van der Waals surface area contributed by atoms with Crippen molar-refractivity contribution in [2.24, 2.45) is 0 Å². The van der Waals surface area contributed by atoms with Gasteiger partial charge in [-0.3, -0.25) is 9.59 Å². The Bertz CT molecular complexity index is 482. The highest BCUT2D eigenvalue weighted by Gasteiger charge is 2.29. The molecule has 0 radical (unpaired) electrons. The number of aryl methyl sites for hydroxylation is 1. The highest BCUT2D eigenvalue weighted by molar-refractivity contribution is 5.99. The third-order valence-corrected chi connectivity index (χ3v) is 4.16. The standard InChI is InChI=1S/C19H28O4/c1-2-3-4-5-6-7-8-9-12-15-13-10-11-14-16(15)17(18(20)21)19(22)23/h10-11,13-14,17H,2-9,12H2,1H3,(H,20,21)(H,22,23). The molecule has 2 N–H and O–H groups in total. The van der Waals surface area contributed by atoms with Gasteiger partial charge in [-0.25, -0.2) is 0 Å². The quantitative estimate of drug-likeness (QED) is 0.435. The van der Waals surface area contributed by atoms with Crippen molar-refractivity contribution < 1.29 is 19.8 Å². The Balaban J connectivity index is 2.48. The molecule has 1 aromatic rings. The van der Waals surface area contributed by atoms with Gasteiger partial charge >= 0.3 is 11.9 Å². The molecule has 0 atom stereocenters. The second kappa shape index (κ2) is 10.8. The minimum absolute atomic E-state index is 0.412. The fourth-order valence-corrected chi connectivity index (χ4v) is 2.86. The molecule has 0 aliphatic carbocycles. The Kier molecular flexibility index (Phi) is 9.03. The average molecular weight is 320 g/mol. The van der Waals surface area contributed by atoms with Crippen LogP contribution in [0.5, 0.6) is 0 Å². The molecule has 1 rings (SSSR count). The van der Waals surface area contributed by atoms with Gasteiger partial charge in [-0.2, -0.15) is 0 Å². The van der Waals surface area contributed by atoms with E-state index in [1.807, 2.05) is 12.1 Å². The minimum Gasteiger partial charge on any atom is -0.480 e. The molecule has 0 unspecified atom stereocenters. The van der Waals surface area contributed by atoms with E-state index in [1.165, 1.54) is 38.5 Å². The summed E-state index contributed by atoms with van der Waals surface area (Å²) in [6.07, 6.45) is 10.4. The number of hydrogen-bond donors (Lipinski definition) is 2. The molecule has 4 nitrogen and oxygen atoms in total. The third kappa shape index (κ3) is 6.85. The summed E-state index contributed by atoms with van der Waals surface area (Å²) in [4.78, 5) is 22.4. The van der Waals surface area contributed by atoms with Crippen LogP contribution in [-0.2, 0) is 16.0 Å². The van der Waals surface area contributed by atoms with Gasteiger partial charge in [-0.15, -0.1) is 0 Å². The summed E-state index contributed by atoms with van der Waals surface area (Å²) in [6.45, 7) is 2.21. The van der Waals surface area contributed by atoms with Crippen LogP contribution in [0.25, 0.3) is 0 Å². The summed E-state index contributed by atoms with van der Waals surface area (Å²) >= 11 is 0. The Labute approximate surface area is 138 Å². The maximum atomic E-state index is 11.2. The van der Waals surface area contributed by atoms with E-state index in [2.05, 4.69) is 6.92 Å². The van der Waals surface area contributed by atoms with E-state index in [1.54, 1.807) is 12.1 Å². The number of aliphatic carboxylic acids is 2. The predicted octanol–water partition coefficient (Wildman–Crippen LogP) is 4.62. The van der Waals surface area contributed by atoms with Crippen LogP contribution >= 0.6 is 0 Å². The second-order valence-electron chi connectivity index (χ2n) is 6.03. The van der Waals surface area contributed by atoms with Crippen molar-refractivity contribution in [2.45, 2.75) is 70.6 Å². The predicted molar refractivity (Wildman–Crippen MR) is 90.8 cm³/mol. The van der Waals surface area contributed by atoms with Gasteiger partial charge < -0.3 is 10.2 Å². The average Bonchev–Trinajstić information content (AvgIpc) is 2.50. The van der Waals surface area contributed by atoms with Crippen LogP contribution in [0.15, 0.2) is 24.3 Å². The van der Waals surface area contributed by atoms with Crippen molar-refractivity contribution in [2.75, 3.05) is 0 Å². The largest absolute Gasteiger partial charge is 0.480 e. The zero-order valence-corrected chi connectivity index (χ0v) is 14.0. The zero-order valence-electron chi connectivity index (χ0n) is 14.0. The molecule has 0 aliphatic rings. The van der Waals surface area contributed by atoms with Crippen LogP contribution in [-0.4, -0.2) is 22.2 Å². The lowest BCUT2D eigenvalue weighted by Crippen LogP contribution is -2.22. The van der Waals surface area contributed by atoms with Gasteiger partial charge in [0.1, 0.15) is 0 Å². The fraction of sp³-hybridized carbons (Fsp3) is 0.579. The SMILES string of the molecule is CCCCCCCCCCc1ccccc1C(C(=O)O)C(=O)O. The summed E-state index contributed by atoms with van der Waals surface area (Å²) in [7, 11) is 0. The molecule has 0 saturated heterocycles. The molecule has 4 heteroatoms. The van der Waals surface area contributed by atoms with Crippen LogP contribution in [0.1, 0.15) is 75.3 Å². The molecule has 0 bridgehead atoms. The minimum atomic E-state index is -1.47. The lowest BCUT2D eigenvalue weighted by molar-refractivity contribution is -0.150. The highest BCUT2D eigenvalue weighted by Crippen LogP contribution is 2.23. The lowest BCUT2D eigenvalue weighted by Gasteiger charge is -2.13. The molecule has 0 amide bonds. The fourth-order valence-electron chi connectivity index (χ4n) is 2.86. The molecular weight excluding hydrogens is 292 g/mol. The molecular formula is C19H28O4. The number of carboxylic acid groups (broad SMARTS) is 2. The summed E-state index contributed by atoms with van der Waals surface area (Å²) in [5.74, 6) is -4.08. The molecule has 1 aromatic carbocycles. The normalized spacial score (nSPS) is 10.9. The molecule has 128 valence electrons. The first-order valence-corrected chi connectivity index (χ1v) is 8.61. The van der Waals surface area contributed by atoms with Crippen LogP contribution in [0.4, 0.5) is 0 Å². The van der Waals surface area contributed by atoms with Crippen LogP contribution < -0.4 is 0 Å². The maximum Gasteiger partial charge on any atom is 0.322 e. The van der Waals surface area contributed by atoms with Crippen molar-refractivity contribution in [3.63, 3.8) is 0 Å². The Morgan fingerprint density at radius 3 is 1.96 bits per heavy atom. The number of rotatable bonds is 12. The van der Waals surface area contributed by atoms with E-state index in [-0.39, 0.29) is 0 Å². The maximum absolute atomic E-state index is 11.2. The first-order valence-electron chi connectivity index (χ1n) is 8.61. The highest BCUT2D eigenvalue weighted by atomic mass is 16.4. The number of benzene rings is 1. The van der Waals surface area contributed by atoms with E-state index in [0.717, 1.165) is 24.8 Å². The lowest BCUT2D eigenvalue weighted by atomic mass is 9.91. The molecule has 23 heavy (non-hydrogen) atoms. The number of hydrogen-bond acceptors (Lipinski definition) is 2. The molecule has 0 spiro atoms. The zero-order chi connectivity index (χ0) is 17.1. The van der Waals surface area contributed by atoms with E-state index in [9.17, 15) is 9.59 Å². The van der Waals surface area contributed by atoms with Crippen molar-refractivity contribution in [1.29, 1.82) is 0 Å². The number of carboxylic acids is 2. The van der Waals surface area contributed by atoms with E-state index >= 15 is 0 Å². The molecule has 0 aromatic heterocycles. The van der Waals surface area contributed by atoms with Gasteiger partial charge in [0, 0.05) is 0 Å². The Morgan fingerprint density at radius 1 is 0.870 bits per heavy atom. The van der Waals surface area contributed by atoms with Crippen LogP contribution in [0, 0.1) is 0 Å². The first-order chi connectivity index (χ1) is 11.1. The van der Waals surface area contributed by atoms with Gasteiger partial charge in [0.15, 0.2) is 5.92 Å². The van der Waals surface area contributed by atoms with Crippen LogP contribution in [0.3, 0.4) is 0 Å². The Hall–Kier alpha value is -1.84. The summed E-state index contributed by atoms with van der Waals surface area (Å²) in [6, 6.07) is 7.00. The topological polar surface area (TPSA) is 74.6 Å². The number of carbonyl (C=O) groups is 2. The molecule has 0 fully saturated rings. The van der Waals surface area contributed by atoms with Gasteiger partial charge in [0.2, 0.25) is 0 Å². The van der Waals surface area contributed by atoms with Gasteiger partial charge in [0.05, 0.1) is 0 Å². The second-order valence-corrected chi connectivity index (χ2v) is 6.03. The van der Waals surface area contributed by atoms with Gasteiger partial charge in [-0.05, 0) is 24.0 Å². The molecule has 0 aliphatic heterocycles. The smallest absolute Gasteiger partial charge is 0.322 e. The number of unbranched alkanes of at least 4 members (excludes halogenated alkanes) is 7. The monoisotopic (exact) mass is 320 g/mol. The van der Waals surface area contributed by atoms with E-state index in [4.69, 9.17) is 10.2 Å². The third-order valence-electron chi connectivity index (χ3n) is 4.16. The van der Waals surface area contributed by atoms with Gasteiger partial charge in [0.25, 0.3) is 0 Å². The van der Waals surface area contributed by atoms with Crippen molar-refractivity contribution in [3.8, 4) is 0 Å². The van der Waals surface area contributed by atoms with Gasteiger partial charge in [-0.1, -0.05) is 76.1 Å². The summed E-state index contributed by atoms with van der Waals surface area (Å²) in [5.41, 5.74) is 1.25. The van der Waals surface area contributed by atoms with Crippen molar-refractivity contribution in [1.82, 2.24) is 0 Å². The Morgan fingerprint density at radius 2 is 1.39 bits per heavy atom. The van der Waals surface area contributed by atoms with Crippen molar-refractivity contribution >= 4 is 11.9 Å². The summed E-state index contributed by atoms with van der Waals surface area (Å²) in [5, 5.41) is 18.3. The van der Waals surface area contributed by atoms with E-state index in [0.29, 0.717) is 5.56 Å². The molecule has 0 heterocycles. The first kappa shape index (κ1) is 19.2. The summed E-state index contributed by atoms with van der Waals surface area (Å²) < 4.78 is 0.